The quantitative estimate of drug-likeness (QED) is 0.866. The predicted octanol–water partition coefficient (Wildman–Crippen LogP) is 2.20. The lowest BCUT2D eigenvalue weighted by molar-refractivity contribution is 0.0724. The van der Waals surface area contributed by atoms with Gasteiger partial charge in [-0.25, -0.2) is 4.98 Å². The molecular formula is C15H23N3O2. The summed E-state index contributed by atoms with van der Waals surface area (Å²) in [6.45, 7) is 7.69. The van der Waals surface area contributed by atoms with Gasteiger partial charge >= 0.3 is 0 Å². The first kappa shape index (κ1) is 14.8. The molecule has 1 aliphatic heterocycles. The van der Waals surface area contributed by atoms with Crippen LogP contribution in [0.2, 0.25) is 0 Å². The van der Waals surface area contributed by atoms with Gasteiger partial charge in [-0.2, -0.15) is 0 Å². The van der Waals surface area contributed by atoms with E-state index in [4.69, 9.17) is 4.74 Å². The number of aromatic nitrogens is 1. The standard InChI is InChI=1S/C15H23N3O2/c1-4-8-16-12-5-6-13(17-10-12)14(19)18-15(3)7-9-20-11(15)2/h5-6,10-11,16H,4,7-9H2,1-3H3,(H,18,19). The Morgan fingerprint density at radius 1 is 1.55 bits per heavy atom. The molecule has 0 bridgehead atoms. The second kappa shape index (κ2) is 6.22. The van der Waals surface area contributed by atoms with Crippen molar-refractivity contribution < 1.29 is 9.53 Å². The zero-order valence-electron chi connectivity index (χ0n) is 12.4. The zero-order valence-corrected chi connectivity index (χ0v) is 12.4. The summed E-state index contributed by atoms with van der Waals surface area (Å²) in [5.41, 5.74) is 1.07. The van der Waals surface area contributed by atoms with Gasteiger partial charge in [0, 0.05) is 13.2 Å². The number of pyridine rings is 1. The van der Waals surface area contributed by atoms with Gasteiger partial charge in [-0.05, 0) is 38.8 Å². The lowest BCUT2D eigenvalue weighted by Gasteiger charge is -2.28. The van der Waals surface area contributed by atoms with Crippen LogP contribution in [0.5, 0.6) is 0 Å². The molecule has 2 atom stereocenters. The van der Waals surface area contributed by atoms with E-state index in [0.717, 1.165) is 25.1 Å². The fourth-order valence-electron chi connectivity index (χ4n) is 2.22. The first-order valence-electron chi connectivity index (χ1n) is 7.19. The lowest BCUT2D eigenvalue weighted by Crippen LogP contribution is -2.50. The third-order valence-electron chi connectivity index (χ3n) is 3.86. The molecular weight excluding hydrogens is 254 g/mol. The molecule has 5 heteroatoms. The smallest absolute Gasteiger partial charge is 0.270 e. The molecule has 0 spiro atoms. The molecule has 1 fully saturated rings. The van der Waals surface area contributed by atoms with Crippen molar-refractivity contribution in [2.75, 3.05) is 18.5 Å². The van der Waals surface area contributed by atoms with Gasteiger partial charge in [-0.1, -0.05) is 6.92 Å². The Hall–Kier alpha value is -1.62. The number of anilines is 1. The van der Waals surface area contributed by atoms with Crippen LogP contribution >= 0.6 is 0 Å². The van der Waals surface area contributed by atoms with Crippen LogP contribution in [0.15, 0.2) is 18.3 Å². The highest BCUT2D eigenvalue weighted by atomic mass is 16.5. The predicted molar refractivity (Wildman–Crippen MR) is 78.9 cm³/mol. The maximum Gasteiger partial charge on any atom is 0.270 e. The fourth-order valence-corrected chi connectivity index (χ4v) is 2.22. The number of nitrogens with zero attached hydrogens (tertiary/aromatic N) is 1. The number of rotatable bonds is 5. The first-order valence-corrected chi connectivity index (χ1v) is 7.19. The van der Waals surface area contributed by atoms with Crippen molar-refractivity contribution in [1.82, 2.24) is 10.3 Å². The van der Waals surface area contributed by atoms with Crippen molar-refractivity contribution in [2.45, 2.75) is 45.3 Å². The van der Waals surface area contributed by atoms with Crippen LogP contribution in [0, 0.1) is 0 Å². The van der Waals surface area contributed by atoms with Gasteiger partial charge in [0.25, 0.3) is 5.91 Å². The van der Waals surface area contributed by atoms with Gasteiger partial charge in [0.05, 0.1) is 23.5 Å². The van der Waals surface area contributed by atoms with Gasteiger partial charge in [0.2, 0.25) is 0 Å². The number of carbonyl (C=O) groups is 1. The average Bonchev–Trinajstić information content (AvgIpc) is 2.76. The molecule has 0 aromatic carbocycles. The molecule has 5 nitrogen and oxygen atoms in total. The van der Waals surface area contributed by atoms with Gasteiger partial charge in [-0.15, -0.1) is 0 Å². The van der Waals surface area contributed by atoms with Crippen LogP contribution in [0.4, 0.5) is 5.69 Å². The van der Waals surface area contributed by atoms with E-state index in [-0.39, 0.29) is 17.6 Å². The zero-order chi connectivity index (χ0) is 14.6. The van der Waals surface area contributed by atoms with E-state index in [2.05, 4.69) is 22.5 Å². The molecule has 1 aromatic rings. The monoisotopic (exact) mass is 277 g/mol. The minimum Gasteiger partial charge on any atom is -0.384 e. The third kappa shape index (κ3) is 3.28. The fraction of sp³-hybridized carbons (Fsp3) is 0.600. The summed E-state index contributed by atoms with van der Waals surface area (Å²) >= 11 is 0. The summed E-state index contributed by atoms with van der Waals surface area (Å²) in [5, 5.41) is 6.27. The summed E-state index contributed by atoms with van der Waals surface area (Å²) in [6.07, 6.45) is 3.60. The molecule has 1 aliphatic rings. The summed E-state index contributed by atoms with van der Waals surface area (Å²) in [7, 11) is 0. The Labute approximate surface area is 120 Å². The second-order valence-corrected chi connectivity index (χ2v) is 5.49. The van der Waals surface area contributed by atoms with Gasteiger partial charge in [0.1, 0.15) is 5.69 Å². The molecule has 2 unspecified atom stereocenters. The molecule has 110 valence electrons. The number of ether oxygens (including phenoxy) is 1. The van der Waals surface area contributed by atoms with Crippen LogP contribution in [0.25, 0.3) is 0 Å². The number of carbonyl (C=O) groups excluding carboxylic acids is 1. The van der Waals surface area contributed by atoms with E-state index in [0.29, 0.717) is 12.3 Å². The van der Waals surface area contributed by atoms with Gasteiger partial charge < -0.3 is 15.4 Å². The Morgan fingerprint density at radius 2 is 2.35 bits per heavy atom. The van der Waals surface area contributed by atoms with Crippen LogP contribution < -0.4 is 10.6 Å². The Morgan fingerprint density at radius 3 is 2.90 bits per heavy atom. The maximum absolute atomic E-state index is 12.2. The van der Waals surface area contributed by atoms with Crippen LogP contribution in [0.3, 0.4) is 0 Å². The highest BCUT2D eigenvalue weighted by Gasteiger charge is 2.38. The highest BCUT2D eigenvalue weighted by molar-refractivity contribution is 5.93. The molecule has 1 aromatic heterocycles. The van der Waals surface area contributed by atoms with Crippen molar-refractivity contribution in [2.24, 2.45) is 0 Å². The lowest BCUT2D eigenvalue weighted by atomic mass is 9.94. The van der Waals surface area contributed by atoms with E-state index in [1.54, 1.807) is 12.3 Å². The van der Waals surface area contributed by atoms with Gasteiger partial charge in [0.15, 0.2) is 0 Å². The molecule has 1 amide bonds. The van der Waals surface area contributed by atoms with Crippen LogP contribution in [-0.4, -0.2) is 35.7 Å². The molecule has 2 N–H and O–H groups in total. The van der Waals surface area contributed by atoms with E-state index in [1.165, 1.54) is 0 Å². The Balaban J connectivity index is 1.99. The van der Waals surface area contributed by atoms with E-state index >= 15 is 0 Å². The number of nitrogens with one attached hydrogen (secondary N) is 2. The molecule has 0 aliphatic carbocycles. The van der Waals surface area contributed by atoms with E-state index < -0.39 is 0 Å². The number of amides is 1. The van der Waals surface area contributed by atoms with Crippen molar-refractivity contribution in [1.29, 1.82) is 0 Å². The summed E-state index contributed by atoms with van der Waals surface area (Å²) in [5.74, 6) is -0.146. The minimum absolute atomic E-state index is 0.0249. The summed E-state index contributed by atoms with van der Waals surface area (Å²) in [4.78, 5) is 16.4. The number of hydrogen-bond acceptors (Lipinski definition) is 4. The average molecular weight is 277 g/mol. The molecule has 2 heterocycles. The Kier molecular flexibility index (Phi) is 4.60. The largest absolute Gasteiger partial charge is 0.384 e. The molecule has 2 rings (SSSR count). The van der Waals surface area contributed by atoms with E-state index in [9.17, 15) is 4.79 Å². The van der Waals surface area contributed by atoms with Gasteiger partial charge in [-0.3, -0.25) is 4.79 Å². The second-order valence-electron chi connectivity index (χ2n) is 5.49. The first-order chi connectivity index (χ1) is 9.55. The topological polar surface area (TPSA) is 63.2 Å². The van der Waals surface area contributed by atoms with Crippen molar-refractivity contribution in [3.8, 4) is 0 Å². The number of hydrogen-bond donors (Lipinski definition) is 2. The van der Waals surface area contributed by atoms with Crippen LogP contribution in [0.1, 0.15) is 44.1 Å². The van der Waals surface area contributed by atoms with Crippen molar-refractivity contribution in [3.05, 3.63) is 24.0 Å². The Bertz CT molecular complexity index is 461. The minimum atomic E-state index is -0.308. The summed E-state index contributed by atoms with van der Waals surface area (Å²) in [6, 6.07) is 3.63. The SMILES string of the molecule is CCCNc1ccc(C(=O)NC2(C)CCOC2C)nc1. The molecule has 0 saturated carbocycles. The molecule has 0 radical (unpaired) electrons. The maximum atomic E-state index is 12.2. The third-order valence-corrected chi connectivity index (χ3v) is 3.86. The molecule has 20 heavy (non-hydrogen) atoms. The van der Waals surface area contributed by atoms with Crippen molar-refractivity contribution >= 4 is 11.6 Å². The van der Waals surface area contributed by atoms with E-state index in [1.807, 2.05) is 19.9 Å². The summed E-state index contributed by atoms with van der Waals surface area (Å²) < 4.78 is 5.52. The van der Waals surface area contributed by atoms with Crippen molar-refractivity contribution in [3.63, 3.8) is 0 Å². The highest BCUT2D eigenvalue weighted by Crippen LogP contribution is 2.25. The van der Waals surface area contributed by atoms with Crippen LogP contribution in [-0.2, 0) is 4.74 Å². The normalized spacial score (nSPS) is 25.4. The molecule has 1 saturated heterocycles.